The number of hydrogen-bond acceptors (Lipinski definition) is 3. The van der Waals surface area contributed by atoms with Crippen molar-refractivity contribution in [3.8, 4) is 0 Å². The Morgan fingerprint density at radius 3 is 2.50 bits per heavy atom. The fourth-order valence-electron chi connectivity index (χ4n) is 0.786. The summed E-state index contributed by atoms with van der Waals surface area (Å²) in [7, 11) is 0. The molecule has 6 nitrogen and oxygen atoms in total. The summed E-state index contributed by atoms with van der Waals surface area (Å²) in [4.78, 5) is 20.0. The minimum absolute atomic E-state index is 0. The highest BCUT2D eigenvalue weighted by Crippen LogP contribution is 2.24. The van der Waals surface area contributed by atoms with E-state index in [0.29, 0.717) is 0 Å². The first kappa shape index (κ1) is 12.3. The summed E-state index contributed by atoms with van der Waals surface area (Å²) in [6.45, 7) is 0. The molecule has 7 heteroatoms. The van der Waals surface area contributed by atoms with Crippen LogP contribution < -0.4 is 6.15 Å². The number of nitro groups is 1. The molecule has 0 spiro atoms. The maximum Gasteiger partial charge on any atom is 0.335 e. The third-order valence-electron chi connectivity index (χ3n) is 1.39. The van der Waals surface area contributed by atoms with E-state index >= 15 is 0 Å². The Kier molecular flexibility index (Phi) is 4.00. The Balaban J connectivity index is 0.00000169. The molecule has 0 aliphatic carbocycles. The van der Waals surface area contributed by atoms with Gasteiger partial charge in [0.15, 0.2) is 0 Å². The lowest BCUT2D eigenvalue weighted by Gasteiger charge is -1.96. The van der Waals surface area contributed by atoms with Crippen molar-refractivity contribution in [2.75, 3.05) is 0 Å². The van der Waals surface area contributed by atoms with Gasteiger partial charge in [0.2, 0.25) is 0 Å². The van der Waals surface area contributed by atoms with Crippen LogP contribution in [0.5, 0.6) is 0 Å². The number of rotatable bonds is 2. The molecule has 0 amide bonds. The second kappa shape index (κ2) is 4.54. The maximum absolute atomic E-state index is 10.4. The predicted octanol–water partition coefficient (Wildman–Crippen LogP) is 2.32. The number of aromatic carboxylic acids is 1. The maximum atomic E-state index is 10.4. The SMILES string of the molecule is O=C(O)c1ccc(Cl)c([N+](=O)[O-])c1.[NH4+]. The van der Waals surface area contributed by atoms with Crippen molar-refractivity contribution >= 4 is 23.3 Å². The van der Waals surface area contributed by atoms with E-state index in [1.54, 1.807) is 0 Å². The van der Waals surface area contributed by atoms with Crippen LogP contribution in [0.25, 0.3) is 0 Å². The van der Waals surface area contributed by atoms with Gasteiger partial charge in [-0.05, 0) is 12.1 Å². The molecule has 76 valence electrons. The third kappa shape index (κ3) is 2.41. The summed E-state index contributed by atoms with van der Waals surface area (Å²) < 4.78 is 0. The molecule has 0 atom stereocenters. The Hall–Kier alpha value is -1.66. The molecule has 1 aromatic rings. The van der Waals surface area contributed by atoms with Crippen molar-refractivity contribution in [2.45, 2.75) is 0 Å². The molecule has 14 heavy (non-hydrogen) atoms. The van der Waals surface area contributed by atoms with E-state index in [-0.39, 0.29) is 16.7 Å². The minimum atomic E-state index is -1.22. The Bertz CT molecular complexity index is 380. The molecule has 0 bridgehead atoms. The molecular weight excluding hydrogens is 212 g/mol. The zero-order valence-corrected chi connectivity index (χ0v) is 7.99. The Morgan fingerprint density at radius 2 is 2.07 bits per heavy atom. The zero-order chi connectivity index (χ0) is 10.0. The number of halogens is 1. The molecular formula is C7H8ClN2O4+. The van der Waals surface area contributed by atoms with E-state index in [4.69, 9.17) is 16.7 Å². The van der Waals surface area contributed by atoms with Crippen molar-refractivity contribution in [3.63, 3.8) is 0 Å². The highest BCUT2D eigenvalue weighted by Gasteiger charge is 2.15. The smallest absolute Gasteiger partial charge is 0.335 e. The molecule has 0 heterocycles. The van der Waals surface area contributed by atoms with Gasteiger partial charge in [0.25, 0.3) is 5.69 Å². The number of hydrogen-bond donors (Lipinski definition) is 2. The lowest BCUT2D eigenvalue weighted by Crippen LogP contribution is -1.98. The van der Waals surface area contributed by atoms with Crippen molar-refractivity contribution in [1.29, 1.82) is 0 Å². The first-order valence-corrected chi connectivity index (χ1v) is 3.57. The van der Waals surface area contributed by atoms with Gasteiger partial charge in [-0.2, -0.15) is 0 Å². The summed E-state index contributed by atoms with van der Waals surface area (Å²) in [5.74, 6) is -1.22. The standard InChI is InChI=1S/C7H4ClNO4.H3N/c8-5-2-1-4(7(10)11)3-6(5)9(12)13;/h1-3H,(H,10,11);1H3/p+1. The molecule has 0 aromatic heterocycles. The van der Waals surface area contributed by atoms with Gasteiger partial charge in [-0.15, -0.1) is 0 Å². The van der Waals surface area contributed by atoms with Crippen LogP contribution in [-0.4, -0.2) is 16.0 Å². The molecule has 1 aromatic carbocycles. The average molecular weight is 220 g/mol. The number of carboxylic acids is 1. The second-order valence-corrected chi connectivity index (χ2v) is 2.64. The summed E-state index contributed by atoms with van der Waals surface area (Å²) in [6.07, 6.45) is 0. The number of nitrogens with zero attached hydrogens (tertiary/aromatic N) is 1. The quantitative estimate of drug-likeness (QED) is 0.586. The fraction of sp³-hybridized carbons (Fsp3) is 0. The van der Waals surface area contributed by atoms with Gasteiger partial charge in [-0.25, -0.2) is 4.79 Å². The highest BCUT2D eigenvalue weighted by atomic mass is 35.5. The number of benzene rings is 1. The van der Waals surface area contributed by atoms with Crippen molar-refractivity contribution < 1.29 is 14.8 Å². The summed E-state index contributed by atoms with van der Waals surface area (Å²) in [6, 6.07) is 3.31. The van der Waals surface area contributed by atoms with E-state index in [9.17, 15) is 14.9 Å². The molecule has 5 N–H and O–H groups in total. The van der Waals surface area contributed by atoms with Crippen molar-refractivity contribution in [3.05, 3.63) is 38.9 Å². The molecule has 0 radical (unpaired) electrons. The van der Waals surface area contributed by atoms with Crippen LogP contribution in [0.2, 0.25) is 5.02 Å². The minimum Gasteiger partial charge on any atom is -0.478 e. The van der Waals surface area contributed by atoms with Gasteiger partial charge >= 0.3 is 5.97 Å². The first-order valence-electron chi connectivity index (χ1n) is 3.19. The van der Waals surface area contributed by atoms with Crippen LogP contribution in [-0.2, 0) is 0 Å². The first-order chi connectivity index (χ1) is 6.02. The summed E-state index contributed by atoms with van der Waals surface area (Å²) in [5, 5.41) is 18.8. The van der Waals surface area contributed by atoms with Gasteiger partial charge < -0.3 is 11.3 Å². The van der Waals surface area contributed by atoms with Crippen LogP contribution in [0.15, 0.2) is 18.2 Å². The fourth-order valence-corrected chi connectivity index (χ4v) is 0.972. The molecule has 0 fully saturated rings. The van der Waals surface area contributed by atoms with Crippen LogP contribution in [0.3, 0.4) is 0 Å². The molecule has 0 saturated heterocycles. The number of quaternary nitrogens is 1. The number of carbonyl (C=O) groups is 1. The lowest BCUT2D eigenvalue weighted by molar-refractivity contribution is -0.384. The molecule has 0 saturated carbocycles. The van der Waals surface area contributed by atoms with Crippen molar-refractivity contribution in [2.24, 2.45) is 0 Å². The van der Waals surface area contributed by atoms with Crippen LogP contribution in [0, 0.1) is 10.1 Å². The normalized spacial score (nSPS) is 8.93. The second-order valence-electron chi connectivity index (χ2n) is 2.23. The van der Waals surface area contributed by atoms with Gasteiger partial charge in [-0.3, -0.25) is 10.1 Å². The van der Waals surface area contributed by atoms with Gasteiger partial charge in [0, 0.05) is 6.07 Å². The Morgan fingerprint density at radius 1 is 1.50 bits per heavy atom. The third-order valence-corrected chi connectivity index (χ3v) is 1.71. The zero-order valence-electron chi connectivity index (χ0n) is 7.23. The molecule has 1 rings (SSSR count). The largest absolute Gasteiger partial charge is 0.478 e. The van der Waals surface area contributed by atoms with Crippen LogP contribution in [0.4, 0.5) is 5.69 Å². The number of nitro benzene ring substituents is 1. The highest BCUT2D eigenvalue weighted by molar-refractivity contribution is 6.32. The average Bonchev–Trinajstić information content (AvgIpc) is 2.04. The number of carboxylic acid groups (broad SMARTS) is 1. The van der Waals surface area contributed by atoms with E-state index in [2.05, 4.69) is 0 Å². The van der Waals surface area contributed by atoms with E-state index in [1.807, 2.05) is 0 Å². The van der Waals surface area contributed by atoms with Gasteiger partial charge in [0.05, 0.1) is 10.5 Å². The summed E-state index contributed by atoms with van der Waals surface area (Å²) in [5.41, 5.74) is -0.558. The van der Waals surface area contributed by atoms with Gasteiger partial charge in [-0.1, -0.05) is 11.6 Å². The van der Waals surface area contributed by atoms with Crippen molar-refractivity contribution in [1.82, 2.24) is 6.15 Å². The monoisotopic (exact) mass is 219 g/mol. The van der Waals surface area contributed by atoms with E-state index in [0.717, 1.165) is 6.07 Å². The lowest BCUT2D eigenvalue weighted by atomic mass is 10.2. The molecule has 0 aliphatic heterocycles. The topological polar surface area (TPSA) is 117 Å². The van der Waals surface area contributed by atoms with Crippen LogP contribution >= 0.6 is 11.6 Å². The predicted molar refractivity (Wildman–Crippen MR) is 51.1 cm³/mol. The van der Waals surface area contributed by atoms with E-state index < -0.39 is 16.6 Å². The van der Waals surface area contributed by atoms with Gasteiger partial charge in [0.1, 0.15) is 5.02 Å². The Labute approximate surface area is 83.8 Å². The molecule has 0 aliphatic rings. The molecule has 0 unspecified atom stereocenters. The summed E-state index contributed by atoms with van der Waals surface area (Å²) >= 11 is 5.46. The van der Waals surface area contributed by atoms with E-state index in [1.165, 1.54) is 12.1 Å². The van der Waals surface area contributed by atoms with Crippen LogP contribution in [0.1, 0.15) is 10.4 Å².